The number of nitrogens with zero attached hydrogens (tertiary/aromatic N) is 2. The summed E-state index contributed by atoms with van der Waals surface area (Å²) >= 11 is 0. The van der Waals surface area contributed by atoms with Crippen LogP contribution < -0.4 is 0 Å². The van der Waals surface area contributed by atoms with Gasteiger partial charge in [0, 0.05) is 6.54 Å². The topological polar surface area (TPSA) is 44.1 Å². The van der Waals surface area contributed by atoms with E-state index < -0.39 is 0 Å². The van der Waals surface area contributed by atoms with Crippen molar-refractivity contribution in [1.29, 1.82) is 0 Å². The molecular formula is C12H20N2O2. The molecule has 0 aliphatic heterocycles. The lowest BCUT2D eigenvalue weighted by Crippen LogP contribution is -2.16. The van der Waals surface area contributed by atoms with E-state index in [0.29, 0.717) is 11.6 Å². The monoisotopic (exact) mass is 224 g/mol. The third kappa shape index (κ3) is 2.84. The Morgan fingerprint density at radius 3 is 2.88 bits per heavy atom. The molecule has 0 fully saturated rings. The average Bonchev–Trinajstić information content (AvgIpc) is 2.60. The van der Waals surface area contributed by atoms with E-state index in [4.69, 9.17) is 4.74 Å². The Morgan fingerprint density at radius 2 is 2.31 bits per heavy atom. The second kappa shape index (κ2) is 5.68. The van der Waals surface area contributed by atoms with Crippen molar-refractivity contribution in [3.63, 3.8) is 0 Å². The molecule has 0 aliphatic rings. The first-order valence-electron chi connectivity index (χ1n) is 5.70. The number of ether oxygens (including phenoxy) is 1. The first kappa shape index (κ1) is 12.7. The summed E-state index contributed by atoms with van der Waals surface area (Å²) in [6, 6.07) is 0. The van der Waals surface area contributed by atoms with Gasteiger partial charge in [0.25, 0.3) is 0 Å². The molecule has 0 radical (unpaired) electrons. The van der Waals surface area contributed by atoms with Crippen molar-refractivity contribution in [1.82, 2.24) is 9.55 Å². The zero-order valence-corrected chi connectivity index (χ0v) is 10.5. The molecule has 4 heteroatoms. The van der Waals surface area contributed by atoms with Crippen molar-refractivity contribution in [2.45, 2.75) is 40.2 Å². The molecule has 0 N–H and O–H groups in total. The standard InChI is InChI=1S/C12H20N2O2/c1-5-6-9(2)8-14-10(3)13-7-11(14)12(15)16-4/h7,9H,5-6,8H2,1-4H3. The van der Waals surface area contributed by atoms with Crippen LogP contribution in [-0.4, -0.2) is 22.6 Å². The van der Waals surface area contributed by atoms with E-state index >= 15 is 0 Å². The Balaban J connectivity index is 2.85. The molecule has 1 heterocycles. The number of hydrogen-bond acceptors (Lipinski definition) is 3. The highest BCUT2D eigenvalue weighted by Crippen LogP contribution is 2.13. The molecule has 0 aromatic carbocycles. The minimum absolute atomic E-state index is 0.315. The summed E-state index contributed by atoms with van der Waals surface area (Å²) in [5.74, 6) is 1.09. The lowest BCUT2D eigenvalue weighted by atomic mass is 10.1. The van der Waals surface area contributed by atoms with E-state index in [9.17, 15) is 4.79 Å². The highest BCUT2D eigenvalue weighted by atomic mass is 16.5. The van der Waals surface area contributed by atoms with Crippen molar-refractivity contribution in [3.05, 3.63) is 17.7 Å². The smallest absolute Gasteiger partial charge is 0.356 e. The highest BCUT2D eigenvalue weighted by molar-refractivity contribution is 5.87. The fourth-order valence-corrected chi connectivity index (χ4v) is 1.86. The maximum Gasteiger partial charge on any atom is 0.356 e. The summed E-state index contributed by atoms with van der Waals surface area (Å²) in [5.41, 5.74) is 0.544. The van der Waals surface area contributed by atoms with Gasteiger partial charge in [0.05, 0.1) is 13.3 Å². The normalized spacial score (nSPS) is 12.5. The SMILES string of the molecule is CCCC(C)Cn1c(C(=O)OC)cnc1C. The van der Waals surface area contributed by atoms with Gasteiger partial charge in [0.1, 0.15) is 11.5 Å². The fraction of sp³-hybridized carbons (Fsp3) is 0.667. The first-order chi connectivity index (χ1) is 7.60. The minimum atomic E-state index is -0.315. The Kier molecular flexibility index (Phi) is 4.52. The number of rotatable bonds is 5. The summed E-state index contributed by atoms with van der Waals surface area (Å²) < 4.78 is 6.67. The second-order valence-corrected chi connectivity index (χ2v) is 4.19. The summed E-state index contributed by atoms with van der Waals surface area (Å²) in [6.07, 6.45) is 3.89. The number of methoxy groups -OCH3 is 1. The summed E-state index contributed by atoms with van der Waals surface area (Å²) in [5, 5.41) is 0. The maximum atomic E-state index is 11.5. The van der Waals surface area contributed by atoms with Gasteiger partial charge in [-0.3, -0.25) is 0 Å². The van der Waals surface area contributed by atoms with Crippen molar-refractivity contribution in [2.24, 2.45) is 5.92 Å². The summed E-state index contributed by atoms with van der Waals surface area (Å²) in [6.45, 7) is 7.08. The van der Waals surface area contributed by atoms with Gasteiger partial charge in [0.2, 0.25) is 0 Å². The Morgan fingerprint density at radius 1 is 1.62 bits per heavy atom. The largest absolute Gasteiger partial charge is 0.464 e. The molecule has 1 rings (SSSR count). The molecule has 1 unspecified atom stereocenters. The molecule has 0 amide bonds. The van der Waals surface area contributed by atoms with Crippen LogP contribution in [0.2, 0.25) is 0 Å². The van der Waals surface area contributed by atoms with Crippen LogP contribution in [0.5, 0.6) is 0 Å². The summed E-state index contributed by atoms with van der Waals surface area (Å²) in [4.78, 5) is 15.7. The molecule has 4 nitrogen and oxygen atoms in total. The first-order valence-corrected chi connectivity index (χ1v) is 5.70. The predicted octanol–water partition coefficient (Wildman–Crippen LogP) is 2.41. The number of imidazole rings is 1. The van der Waals surface area contributed by atoms with Crippen molar-refractivity contribution < 1.29 is 9.53 Å². The number of carbonyl (C=O) groups excluding carboxylic acids is 1. The van der Waals surface area contributed by atoms with Gasteiger partial charge in [-0.1, -0.05) is 20.3 Å². The van der Waals surface area contributed by atoms with Crippen LogP contribution >= 0.6 is 0 Å². The summed E-state index contributed by atoms with van der Waals surface area (Å²) in [7, 11) is 1.39. The van der Waals surface area contributed by atoms with Gasteiger partial charge >= 0.3 is 5.97 Å². The molecule has 1 atom stereocenters. The number of aromatic nitrogens is 2. The number of esters is 1. The Hall–Kier alpha value is -1.32. The van der Waals surface area contributed by atoms with Gasteiger partial charge in [-0.05, 0) is 19.3 Å². The molecule has 0 spiro atoms. The number of carbonyl (C=O) groups is 1. The van der Waals surface area contributed by atoms with Gasteiger partial charge in [0.15, 0.2) is 0 Å². The maximum absolute atomic E-state index is 11.5. The predicted molar refractivity (Wildman–Crippen MR) is 62.4 cm³/mol. The molecular weight excluding hydrogens is 204 g/mol. The third-order valence-electron chi connectivity index (χ3n) is 2.73. The van der Waals surface area contributed by atoms with E-state index in [1.807, 2.05) is 11.5 Å². The lowest BCUT2D eigenvalue weighted by molar-refractivity contribution is 0.0587. The van der Waals surface area contributed by atoms with Gasteiger partial charge < -0.3 is 9.30 Å². The van der Waals surface area contributed by atoms with Crippen LogP contribution in [-0.2, 0) is 11.3 Å². The van der Waals surface area contributed by atoms with Crippen LogP contribution in [0, 0.1) is 12.8 Å². The Labute approximate surface area is 96.6 Å². The van der Waals surface area contributed by atoms with Crippen molar-refractivity contribution in [3.8, 4) is 0 Å². The average molecular weight is 224 g/mol. The minimum Gasteiger partial charge on any atom is -0.464 e. The second-order valence-electron chi connectivity index (χ2n) is 4.19. The molecule has 0 saturated heterocycles. The zero-order chi connectivity index (χ0) is 12.1. The van der Waals surface area contributed by atoms with Crippen LogP contribution in [0.4, 0.5) is 0 Å². The van der Waals surface area contributed by atoms with Gasteiger partial charge in [-0.15, -0.1) is 0 Å². The third-order valence-corrected chi connectivity index (χ3v) is 2.73. The van der Waals surface area contributed by atoms with E-state index in [0.717, 1.165) is 25.2 Å². The van der Waals surface area contributed by atoms with Crippen LogP contribution in [0.15, 0.2) is 6.20 Å². The van der Waals surface area contributed by atoms with Crippen LogP contribution in [0.1, 0.15) is 43.0 Å². The molecule has 0 aliphatic carbocycles. The molecule has 1 aromatic heterocycles. The number of aryl methyl sites for hydroxylation is 1. The zero-order valence-electron chi connectivity index (χ0n) is 10.5. The van der Waals surface area contributed by atoms with Gasteiger partial charge in [-0.2, -0.15) is 0 Å². The molecule has 0 saturated carbocycles. The van der Waals surface area contributed by atoms with E-state index in [1.54, 1.807) is 6.20 Å². The lowest BCUT2D eigenvalue weighted by Gasteiger charge is -2.14. The van der Waals surface area contributed by atoms with E-state index in [1.165, 1.54) is 7.11 Å². The van der Waals surface area contributed by atoms with Crippen molar-refractivity contribution in [2.75, 3.05) is 7.11 Å². The molecule has 0 bridgehead atoms. The molecule has 90 valence electrons. The highest BCUT2D eigenvalue weighted by Gasteiger charge is 2.16. The van der Waals surface area contributed by atoms with E-state index in [2.05, 4.69) is 18.8 Å². The number of hydrogen-bond donors (Lipinski definition) is 0. The van der Waals surface area contributed by atoms with E-state index in [-0.39, 0.29) is 5.97 Å². The van der Waals surface area contributed by atoms with Crippen LogP contribution in [0.3, 0.4) is 0 Å². The quantitative estimate of drug-likeness (QED) is 0.721. The molecule has 16 heavy (non-hydrogen) atoms. The van der Waals surface area contributed by atoms with Crippen molar-refractivity contribution >= 4 is 5.97 Å². The van der Waals surface area contributed by atoms with Gasteiger partial charge in [-0.25, -0.2) is 9.78 Å². The molecule has 1 aromatic rings. The van der Waals surface area contributed by atoms with Crippen LogP contribution in [0.25, 0.3) is 0 Å². The Bertz CT molecular complexity index is 358. The fourth-order valence-electron chi connectivity index (χ4n) is 1.86.